The summed E-state index contributed by atoms with van der Waals surface area (Å²) < 4.78 is 27.1. The van der Waals surface area contributed by atoms with E-state index in [1.54, 1.807) is 0 Å². The van der Waals surface area contributed by atoms with Crippen molar-refractivity contribution in [2.75, 3.05) is 19.3 Å². The van der Waals surface area contributed by atoms with Crippen LogP contribution in [0.15, 0.2) is 30.3 Å². The maximum Gasteiger partial charge on any atom is 0.264 e. The van der Waals surface area contributed by atoms with Crippen molar-refractivity contribution in [1.82, 2.24) is 4.90 Å². The van der Waals surface area contributed by atoms with Crippen molar-refractivity contribution in [2.24, 2.45) is 0 Å². The van der Waals surface area contributed by atoms with Gasteiger partial charge in [-0.05, 0) is 18.4 Å². The van der Waals surface area contributed by atoms with Crippen LogP contribution in [0.3, 0.4) is 0 Å². The van der Waals surface area contributed by atoms with Crippen molar-refractivity contribution < 1.29 is 12.6 Å². The highest BCUT2D eigenvalue weighted by Gasteiger charge is 2.22. The zero-order valence-corrected chi connectivity index (χ0v) is 11.4. The van der Waals surface area contributed by atoms with Crippen LogP contribution in [-0.2, 0) is 20.8 Å². The van der Waals surface area contributed by atoms with Gasteiger partial charge in [-0.2, -0.15) is 8.42 Å². The number of hydrogen-bond donors (Lipinski definition) is 0. The molecule has 1 aliphatic heterocycles. The second kappa shape index (κ2) is 5.82. The van der Waals surface area contributed by atoms with Gasteiger partial charge in [-0.15, -0.1) is 0 Å². The Morgan fingerprint density at radius 3 is 2.39 bits per heavy atom. The van der Waals surface area contributed by atoms with Crippen LogP contribution in [0, 0.1) is 0 Å². The second-order valence-electron chi connectivity index (χ2n) is 4.76. The van der Waals surface area contributed by atoms with Crippen LogP contribution < -0.4 is 0 Å². The van der Waals surface area contributed by atoms with Crippen LogP contribution in [0.5, 0.6) is 0 Å². The van der Waals surface area contributed by atoms with Gasteiger partial charge in [0.15, 0.2) is 0 Å². The average molecular weight is 269 g/mol. The van der Waals surface area contributed by atoms with Crippen molar-refractivity contribution in [2.45, 2.75) is 25.5 Å². The Labute approximate surface area is 109 Å². The fourth-order valence-corrected chi connectivity index (χ4v) is 2.94. The maximum atomic E-state index is 11.0. The minimum absolute atomic E-state index is 0.146. The summed E-state index contributed by atoms with van der Waals surface area (Å²) in [6.07, 6.45) is 2.52. The van der Waals surface area contributed by atoms with Crippen LogP contribution in [-0.4, -0.2) is 38.8 Å². The lowest BCUT2D eigenvalue weighted by molar-refractivity contribution is 0.102. The van der Waals surface area contributed by atoms with Crippen LogP contribution >= 0.6 is 0 Å². The van der Waals surface area contributed by atoms with Gasteiger partial charge >= 0.3 is 0 Å². The predicted octanol–water partition coefficient (Wildman–Crippen LogP) is 1.63. The molecule has 0 N–H and O–H groups in total. The molecule has 18 heavy (non-hydrogen) atoms. The van der Waals surface area contributed by atoms with Gasteiger partial charge in [0.2, 0.25) is 0 Å². The third-order valence-corrected chi connectivity index (χ3v) is 3.72. The van der Waals surface area contributed by atoms with E-state index >= 15 is 0 Å². The predicted molar refractivity (Wildman–Crippen MR) is 70.7 cm³/mol. The zero-order chi connectivity index (χ0) is 13.0. The molecule has 100 valence electrons. The summed E-state index contributed by atoms with van der Waals surface area (Å²) in [5, 5.41) is 0. The van der Waals surface area contributed by atoms with Crippen LogP contribution in [0.1, 0.15) is 18.4 Å². The van der Waals surface area contributed by atoms with Gasteiger partial charge in [0.05, 0.1) is 12.4 Å². The molecule has 1 aromatic rings. The van der Waals surface area contributed by atoms with Crippen molar-refractivity contribution in [3.63, 3.8) is 0 Å². The average Bonchev–Trinajstić information content (AvgIpc) is 2.31. The van der Waals surface area contributed by atoms with E-state index in [0.29, 0.717) is 0 Å². The molecule has 1 saturated heterocycles. The number of benzene rings is 1. The molecule has 1 fully saturated rings. The molecule has 0 atom stereocenters. The van der Waals surface area contributed by atoms with Gasteiger partial charge in [-0.3, -0.25) is 9.08 Å². The molecule has 5 heteroatoms. The third-order valence-electron chi connectivity index (χ3n) is 3.09. The topological polar surface area (TPSA) is 46.6 Å². The highest BCUT2D eigenvalue weighted by molar-refractivity contribution is 7.86. The summed E-state index contributed by atoms with van der Waals surface area (Å²) in [6, 6.07) is 10.3. The lowest BCUT2D eigenvalue weighted by Gasteiger charge is -2.31. The summed E-state index contributed by atoms with van der Waals surface area (Å²) in [5.74, 6) is 0. The molecule has 1 aromatic carbocycles. The van der Waals surface area contributed by atoms with Crippen molar-refractivity contribution >= 4 is 10.1 Å². The van der Waals surface area contributed by atoms with E-state index in [9.17, 15) is 8.42 Å². The molecule has 1 heterocycles. The minimum Gasteiger partial charge on any atom is -0.299 e. The normalized spacial score (nSPS) is 18.9. The second-order valence-corrected chi connectivity index (χ2v) is 6.36. The Morgan fingerprint density at radius 1 is 1.22 bits per heavy atom. The van der Waals surface area contributed by atoms with E-state index in [0.717, 1.165) is 38.7 Å². The molecular weight excluding hydrogens is 250 g/mol. The summed E-state index contributed by atoms with van der Waals surface area (Å²) >= 11 is 0. The fourth-order valence-electron chi connectivity index (χ4n) is 2.25. The first-order valence-electron chi connectivity index (χ1n) is 6.17. The minimum atomic E-state index is -3.32. The van der Waals surface area contributed by atoms with E-state index in [1.807, 2.05) is 18.2 Å². The Hall–Kier alpha value is -0.910. The fraction of sp³-hybridized carbons (Fsp3) is 0.538. The van der Waals surface area contributed by atoms with Gasteiger partial charge in [-0.25, -0.2) is 0 Å². The SMILES string of the molecule is CS(=O)(=O)OC1CCN(Cc2ccccc2)CC1. The maximum absolute atomic E-state index is 11.0. The highest BCUT2D eigenvalue weighted by Crippen LogP contribution is 2.17. The van der Waals surface area contributed by atoms with Crippen molar-refractivity contribution in [3.8, 4) is 0 Å². The number of piperidine rings is 1. The first kappa shape index (κ1) is 13.5. The number of hydrogen-bond acceptors (Lipinski definition) is 4. The zero-order valence-electron chi connectivity index (χ0n) is 10.6. The van der Waals surface area contributed by atoms with Gasteiger partial charge in [0, 0.05) is 19.6 Å². The van der Waals surface area contributed by atoms with Crippen LogP contribution in [0.2, 0.25) is 0 Å². The number of rotatable bonds is 4. The highest BCUT2D eigenvalue weighted by atomic mass is 32.2. The van der Waals surface area contributed by atoms with Crippen molar-refractivity contribution in [3.05, 3.63) is 35.9 Å². The Balaban J connectivity index is 1.80. The largest absolute Gasteiger partial charge is 0.299 e. The standard InChI is InChI=1S/C13H19NO3S/c1-18(15,16)17-13-7-9-14(10-8-13)11-12-5-3-2-4-6-12/h2-6,13H,7-11H2,1H3. The Kier molecular flexibility index (Phi) is 4.37. The molecule has 0 aromatic heterocycles. The third kappa shape index (κ3) is 4.40. The molecule has 2 rings (SSSR count). The Morgan fingerprint density at radius 2 is 1.83 bits per heavy atom. The molecule has 0 bridgehead atoms. The summed E-state index contributed by atoms with van der Waals surface area (Å²) in [7, 11) is -3.32. The molecule has 0 amide bonds. The van der Waals surface area contributed by atoms with Gasteiger partial charge in [0.25, 0.3) is 10.1 Å². The first-order chi connectivity index (χ1) is 8.53. The molecule has 0 unspecified atom stereocenters. The van der Waals surface area contributed by atoms with Gasteiger partial charge in [-0.1, -0.05) is 30.3 Å². The number of likely N-dealkylation sites (tertiary alicyclic amines) is 1. The van der Waals surface area contributed by atoms with Gasteiger partial charge < -0.3 is 0 Å². The lowest BCUT2D eigenvalue weighted by atomic mass is 10.1. The first-order valence-corrected chi connectivity index (χ1v) is 7.99. The summed E-state index contributed by atoms with van der Waals surface area (Å²) in [5.41, 5.74) is 1.29. The summed E-state index contributed by atoms with van der Waals surface area (Å²) in [4.78, 5) is 2.33. The molecule has 1 aliphatic rings. The van der Waals surface area contributed by atoms with Crippen molar-refractivity contribution in [1.29, 1.82) is 0 Å². The molecule has 4 nitrogen and oxygen atoms in total. The van der Waals surface area contributed by atoms with Gasteiger partial charge in [0.1, 0.15) is 0 Å². The summed E-state index contributed by atoms with van der Waals surface area (Å²) in [6.45, 7) is 2.69. The molecule has 0 radical (unpaired) electrons. The molecule has 0 aliphatic carbocycles. The smallest absolute Gasteiger partial charge is 0.264 e. The Bertz CT molecular complexity index is 464. The number of nitrogens with zero attached hydrogens (tertiary/aromatic N) is 1. The van der Waals surface area contributed by atoms with E-state index in [2.05, 4.69) is 17.0 Å². The van der Waals surface area contributed by atoms with E-state index < -0.39 is 10.1 Å². The van der Waals surface area contributed by atoms with E-state index in [-0.39, 0.29) is 6.10 Å². The quantitative estimate of drug-likeness (QED) is 0.779. The monoisotopic (exact) mass is 269 g/mol. The van der Waals surface area contributed by atoms with Crippen LogP contribution in [0.4, 0.5) is 0 Å². The lowest BCUT2D eigenvalue weighted by Crippen LogP contribution is -2.37. The van der Waals surface area contributed by atoms with E-state index in [1.165, 1.54) is 5.56 Å². The van der Waals surface area contributed by atoms with E-state index in [4.69, 9.17) is 4.18 Å². The molecule has 0 saturated carbocycles. The molecular formula is C13H19NO3S. The van der Waals surface area contributed by atoms with Crippen LogP contribution in [0.25, 0.3) is 0 Å². The molecule has 0 spiro atoms.